The van der Waals surface area contributed by atoms with Gasteiger partial charge in [0.05, 0.1) is 18.8 Å². The minimum Gasteiger partial charge on any atom is -0.377 e. The predicted octanol–water partition coefficient (Wildman–Crippen LogP) is -0.545. The zero-order valence-electron chi connectivity index (χ0n) is 7.77. The van der Waals surface area contributed by atoms with E-state index in [1.807, 2.05) is 0 Å². The van der Waals surface area contributed by atoms with E-state index in [9.17, 15) is 0 Å². The summed E-state index contributed by atoms with van der Waals surface area (Å²) in [5.41, 5.74) is -0.0285. The molecule has 0 aliphatic carbocycles. The molecule has 0 aromatic rings. The van der Waals surface area contributed by atoms with Crippen molar-refractivity contribution in [3.05, 3.63) is 0 Å². The molecule has 74 valence electrons. The Kier molecular flexibility index (Phi) is 1.68. The summed E-state index contributed by atoms with van der Waals surface area (Å²) in [5.74, 6) is 0. The first kappa shape index (κ1) is 8.17. The van der Waals surface area contributed by atoms with Gasteiger partial charge in [0.15, 0.2) is 0 Å². The van der Waals surface area contributed by atoms with E-state index in [2.05, 4.69) is 10.6 Å². The van der Waals surface area contributed by atoms with Crippen molar-refractivity contribution in [2.45, 2.75) is 24.2 Å². The third-order valence-electron chi connectivity index (χ3n) is 3.32. The zero-order valence-corrected chi connectivity index (χ0v) is 7.77. The summed E-state index contributed by atoms with van der Waals surface area (Å²) in [4.78, 5) is 0. The highest BCUT2D eigenvalue weighted by molar-refractivity contribution is 5.02. The van der Waals surface area contributed by atoms with Gasteiger partial charge in [-0.05, 0) is 6.42 Å². The molecular formula is C9H16N2O2. The van der Waals surface area contributed by atoms with Gasteiger partial charge in [-0.15, -0.1) is 0 Å². The normalized spacial score (nSPS) is 42.5. The fourth-order valence-corrected chi connectivity index (χ4v) is 2.44. The van der Waals surface area contributed by atoms with Gasteiger partial charge in [0.25, 0.3) is 0 Å². The second-order valence-electron chi connectivity index (χ2n) is 4.36. The van der Waals surface area contributed by atoms with Crippen molar-refractivity contribution >= 4 is 0 Å². The van der Waals surface area contributed by atoms with Crippen molar-refractivity contribution in [2.75, 3.05) is 32.8 Å². The fraction of sp³-hybridized carbons (Fsp3) is 1.00. The van der Waals surface area contributed by atoms with E-state index >= 15 is 0 Å². The summed E-state index contributed by atoms with van der Waals surface area (Å²) >= 11 is 0. The molecule has 0 saturated carbocycles. The first-order valence-corrected chi connectivity index (χ1v) is 5.06. The number of ether oxygens (including phenoxy) is 2. The summed E-state index contributed by atoms with van der Waals surface area (Å²) in [6.45, 7) is 4.63. The van der Waals surface area contributed by atoms with Crippen molar-refractivity contribution in [3.8, 4) is 0 Å². The first-order valence-electron chi connectivity index (χ1n) is 5.06. The topological polar surface area (TPSA) is 42.5 Å². The van der Waals surface area contributed by atoms with E-state index in [0.717, 1.165) is 45.7 Å². The van der Waals surface area contributed by atoms with Gasteiger partial charge in [-0.3, -0.25) is 5.32 Å². The van der Waals surface area contributed by atoms with Gasteiger partial charge in [-0.2, -0.15) is 0 Å². The molecule has 0 aromatic heterocycles. The first-order chi connectivity index (χ1) is 6.33. The zero-order chi connectivity index (χ0) is 8.78. The van der Waals surface area contributed by atoms with Crippen LogP contribution in [0.15, 0.2) is 0 Å². The van der Waals surface area contributed by atoms with Gasteiger partial charge in [0.1, 0.15) is 5.72 Å². The minimum atomic E-state index is -0.152. The summed E-state index contributed by atoms with van der Waals surface area (Å²) in [6.07, 6.45) is 2.12. The lowest BCUT2D eigenvalue weighted by atomic mass is 9.89. The van der Waals surface area contributed by atoms with E-state index < -0.39 is 0 Å². The summed E-state index contributed by atoms with van der Waals surface area (Å²) in [6, 6.07) is 0. The Morgan fingerprint density at radius 3 is 2.69 bits per heavy atom. The molecule has 1 unspecified atom stereocenters. The minimum absolute atomic E-state index is 0.124. The van der Waals surface area contributed by atoms with Gasteiger partial charge < -0.3 is 14.8 Å². The van der Waals surface area contributed by atoms with Crippen LogP contribution in [0.2, 0.25) is 0 Å². The smallest absolute Gasteiger partial charge is 0.145 e. The summed E-state index contributed by atoms with van der Waals surface area (Å²) in [7, 11) is 0. The molecule has 3 fully saturated rings. The Morgan fingerprint density at radius 2 is 2.08 bits per heavy atom. The molecule has 4 nitrogen and oxygen atoms in total. The monoisotopic (exact) mass is 184 g/mol. The number of hydrogen-bond donors (Lipinski definition) is 2. The van der Waals surface area contributed by atoms with Crippen LogP contribution < -0.4 is 10.6 Å². The van der Waals surface area contributed by atoms with Crippen molar-refractivity contribution < 1.29 is 9.47 Å². The average Bonchev–Trinajstić information content (AvgIpc) is 2.51. The molecule has 0 radical (unpaired) electrons. The van der Waals surface area contributed by atoms with E-state index in [1.54, 1.807) is 0 Å². The van der Waals surface area contributed by atoms with Crippen LogP contribution in [0.1, 0.15) is 12.8 Å². The Hall–Kier alpha value is -0.160. The van der Waals surface area contributed by atoms with Crippen molar-refractivity contribution in [2.24, 2.45) is 0 Å². The van der Waals surface area contributed by atoms with Gasteiger partial charge in [0.2, 0.25) is 0 Å². The third kappa shape index (κ3) is 1.21. The number of hydrogen-bond acceptors (Lipinski definition) is 4. The number of nitrogens with one attached hydrogen (secondary N) is 2. The van der Waals surface area contributed by atoms with Crippen LogP contribution in [0.4, 0.5) is 0 Å². The molecule has 0 aromatic carbocycles. The molecule has 3 aliphatic heterocycles. The van der Waals surface area contributed by atoms with Crippen LogP contribution >= 0.6 is 0 Å². The molecule has 2 spiro atoms. The molecule has 3 saturated heterocycles. The fourth-order valence-electron chi connectivity index (χ4n) is 2.44. The Bertz CT molecular complexity index is 210. The molecule has 1 atom stereocenters. The molecule has 2 N–H and O–H groups in total. The predicted molar refractivity (Wildman–Crippen MR) is 47.5 cm³/mol. The highest BCUT2D eigenvalue weighted by atomic mass is 16.6. The summed E-state index contributed by atoms with van der Waals surface area (Å²) < 4.78 is 11.6. The lowest BCUT2D eigenvalue weighted by molar-refractivity contribution is -0.216. The van der Waals surface area contributed by atoms with Crippen molar-refractivity contribution in [1.82, 2.24) is 10.6 Å². The van der Waals surface area contributed by atoms with Crippen LogP contribution in [-0.2, 0) is 9.47 Å². The van der Waals surface area contributed by atoms with Crippen LogP contribution in [0, 0.1) is 0 Å². The van der Waals surface area contributed by atoms with E-state index in [1.165, 1.54) is 0 Å². The molecule has 3 aliphatic rings. The second-order valence-corrected chi connectivity index (χ2v) is 4.36. The molecule has 13 heavy (non-hydrogen) atoms. The van der Waals surface area contributed by atoms with Gasteiger partial charge in [-0.1, -0.05) is 0 Å². The maximum Gasteiger partial charge on any atom is 0.145 e. The standard InChI is InChI=1S/C9H16N2O2/c1-3-11-9(2-4-12-7-9)13-8(1)5-10-6-8/h10-11H,1-7H2. The van der Waals surface area contributed by atoms with Gasteiger partial charge in [-0.25, -0.2) is 0 Å². The maximum atomic E-state index is 6.16. The van der Waals surface area contributed by atoms with E-state index in [0.29, 0.717) is 0 Å². The molecule has 3 rings (SSSR count). The largest absolute Gasteiger partial charge is 0.377 e. The molecular weight excluding hydrogens is 168 g/mol. The Labute approximate surface area is 78.0 Å². The highest BCUT2D eigenvalue weighted by Gasteiger charge is 2.50. The van der Waals surface area contributed by atoms with E-state index in [4.69, 9.17) is 9.47 Å². The van der Waals surface area contributed by atoms with Gasteiger partial charge in [0, 0.05) is 26.1 Å². The van der Waals surface area contributed by atoms with Crippen molar-refractivity contribution in [3.63, 3.8) is 0 Å². The number of rotatable bonds is 0. The van der Waals surface area contributed by atoms with Gasteiger partial charge >= 0.3 is 0 Å². The lowest BCUT2D eigenvalue weighted by Gasteiger charge is -2.51. The molecule has 3 heterocycles. The van der Waals surface area contributed by atoms with E-state index in [-0.39, 0.29) is 11.3 Å². The maximum absolute atomic E-state index is 6.16. The molecule has 4 heteroatoms. The third-order valence-corrected chi connectivity index (χ3v) is 3.32. The Balaban J connectivity index is 1.76. The van der Waals surface area contributed by atoms with Crippen LogP contribution in [0.3, 0.4) is 0 Å². The lowest BCUT2D eigenvalue weighted by Crippen LogP contribution is -2.71. The molecule has 0 bridgehead atoms. The SMILES string of the molecule is C1CC2(CNC2)OC2(CCOC2)N1. The second kappa shape index (κ2) is 2.67. The summed E-state index contributed by atoms with van der Waals surface area (Å²) in [5, 5.41) is 6.73. The quantitative estimate of drug-likeness (QED) is 0.530. The van der Waals surface area contributed by atoms with Crippen LogP contribution in [-0.4, -0.2) is 44.2 Å². The van der Waals surface area contributed by atoms with Crippen LogP contribution in [0.5, 0.6) is 0 Å². The van der Waals surface area contributed by atoms with Crippen LogP contribution in [0.25, 0.3) is 0 Å². The molecule has 0 amide bonds. The van der Waals surface area contributed by atoms with Crippen molar-refractivity contribution in [1.29, 1.82) is 0 Å². The Morgan fingerprint density at radius 1 is 1.15 bits per heavy atom. The average molecular weight is 184 g/mol. The highest BCUT2D eigenvalue weighted by Crippen LogP contribution is 2.34.